The fourth-order valence-electron chi connectivity index (χ4n) is 2.96. The summed E-state index contributed by atoms with van der Waals surface area (Å²) in [6.45, 7) is 14.5. The van der Waals surface area contributed by atoms with E-state index in [0.29, 0.717) is 13.0 Å². The normalized spacial score (nSPS) is 35.9. The van der Waals surface area contributed by atoms with Gasteiger partial charge in [-0.25, -0.2) is 6.57 Å². The molecule has 2 fully saturated rings. The first-order valence-corrected chi connectivity index (χ1v) is 5.77. The molecule has 5 heteroatoms. The van der Waals surface area contributed by atoms with Crippen LogP contribution in [0.2, 0.25) is 0 Å². The highest BCUT2D eigenvalue weighted by molar-refractivity contribution is 5.98. The Labute approximate surface area is 101 Å². The van der Waals surface area contributed by atoms with Crippen molar-refractivity contribution < 1.29 is 14.6 Å². The maximum absolute atomic E-state index is 12.3. The zero-order valence-corrected chi connectivity index (χ0v) is 10.6. The summed E-state index contributed by atoms with van der Waals surface area (Å²) in [7, 11) is 0. The van der Waals surface area contributed by atoms with Crippen LogP contribution in [0.4, 0.5) is 0 Å². The number of nitrogens with zero attached hydrogens (tertiary/aromatic N) is 2. The van der Waals surface area contributed by atoms with Gasteiger partial charge < -0.3 is 9.84 Å². The van der Waals surface area contributed by atoms with Crippen LogP contribution in [-0.2, 0) is 9.53 Å². The van der Waals surface area contributed by atoms with E-state index >= 15 is 0 Å². The number of β-lactam (4-membered cyclic amide) rings is 1. The van der Waals surface area contributed by atoms with Crippen LogP contribution in [0.1, 0.15) is 34.1 Å². The minimum atomic E-state index is -1.34. The number of amides is 1. The summed E-state index contributed by atoms with van der Waals surface area (Å²) < 4.78 is 5.54. The van der Waals surface area contributed by atoms with E-state index in [4.69, 9.17) is 11.3 Å². The fraction of sp³-hybridized carbons (Fsp3) is 0.833. The fourth-order valence-corrected chi connectivity index (χ4v) is 2.96. The van der Waals surface area contributed by atoms with Crippen LogP contribution in [0.15, 0.2) is 0 Å². The van der Waals surface area contributed by atoms with E-state index < -0.39 is 16.9 Å². The van der Waals surface area contributed by atoms with Crippen molar-refractivity contribution in [2.24, 2.45) is 0 Å². The van der Waals surface area contributed by atoms with Crippen molar-refractivity contribution in [3.05, 3.63) is 11.4 Å². The summed E-state index contributed by atoms with van der Waals surface area (Å²) in [5.41, 5.74) is -3.35. The number of aliphatic hydroxyl groups is 1. The first kappa shape index (κ1) is 12.3. The third-order valence-corrected chi connectivity index (χ3v) is 3.87. The van der Waals surface area contributed by atoms with Crippen LogP contribution in [0.5, 0.6) is 0 Å². The SMILES string of the molecule is [C-]#[N+][C@]1(C(C)(C)O)C(=O)N2[C@@H]1CCOC2(C)C. The molecule has 0 spiro atoms. The number of fused-ring (bicyclic) bond motifs is 1. The van der Waals surface area contributed by atoms with Gasteiger partial charge in [-0.3, -0.25) is 14.5 Å². The van der Waals surface area contributed by atoms with Gasteiger partial charge in [-0.15, -0.1) is 0 Å². The summed E-state index contributed by atoms with van der Waals surface area (Å²) >= 11 is 0. The van der Waals surface area contributed by atoms with Crippen molar-refractivity contribution in [3.8, 4) is 0 Å². The first-order chi connectivity index (χ1) is 7.68. The molecule has 2 rings (SSSR count). The van der Waals surface area contributed by atoms with Crippen LogP contribution >= 0.6 is 0 Å². The van der Waals surface area contributed by atoms with Crippen LogP contribution in [0.3, 0.4) is 0 Å². The molecule has 2 aliphatic rings. The Hall–Kier alpha value is -1.12. The molecule has 17 heavy (non-hydrogen) atoms. The van der Waals surface area contributed by atoms with E-state index in [9.17, 15) is 9.90 Å². The molecule has 2 atom stereocenters. The summed E-state index contributed by atoms with van der Waals surface area (Å²) in [5, 5.41) is 10.2. The van der Waals surface area contributed by atoms with E-state index in [1.807, 2.05) is 13.8 Å². The van der Waals surface area contributed by atoms with Gasteiger partial charge in [-0.05, 0) is 34.1 Å². The number of ether oxygens (including phenoxy) is 1. The maximum Gasteiger partial charge on any atom is 0.356 e. The molecule has 0 bridgehead atoms. The van der Waals surface area contributed by atoms with Gasteiger partial charge in [0.1, 0.15) is 17.4 Å². The summed E-state index contributed by atoms with van der Waals surface area (Å²) in [6, 6.07) is -0.253. The molecule has 2 heterocycles. The highest BCUT2D eigenvalue weighted by atomic mass is 16.5. The van der Waals surface area contributed by atoms with Gasteiger partial charge in [-0.2, -0.15) is 0 Å². The second-order valence-electron chi connectivity index (χ2n) is 5.71. The van der Waals surface area contributed by atoms with Crippen molar-refractivity contribution in [1.82, 2.24) is 4.90 Å². The van der Waals surface area contributed by atoms with Gasteiger partial charge in [0.05, 0.1) is 6.61 Å². The molecule has 2 aliphatic heterocycles. The predicted octanol–water partition coefficient (Wildman–Crippen LogP) is 0.783. The Morgan fingerprint density at radius 3 is 2.65 bits per heavy atom. The average molecular weight is 238 g/mol. The van der Waals surface area contributed by atoms with E-state index in [0.717, 1.165) is 0 Å². The lowest BCUT2D eigenvalue weighted by Crippen LogP contribution is -2.84. The number of rotatable bonds is 1. The Morgan fingerprint density at radius 1 is 1.59 bits per heavy atom. The third-order valence-electron chi connectivity index (χ3n) is 3.87. The topological polar surface area (TPSA) is 54.1 Å². The van der Waals surface area contributed by atoms with Gasteiger partial charge >= 0.3 is 11.4 Å². The summed E-state index contributed by atoms with van der Waals surface area (Å²) in [5.74, 6) is -0.324. The molecule has 94 valence electrons. The molecule has 0 saturated carbocycles. The molecule has 0 aliphatic carbocycles. The monoisotopic (exact) mass is 238 g/mol. The lowest BCUT2D eigenvalue weighted by molar-refractivity contribution is -0.247. The van der Waals surface area contributed by atoms with Crippen molar-refractivity contribution in [2.45, 2.75) is 57.0 Å². The molecule has 0 radical (unpaired) electrons. The third kappa shape index (κ3) is 1.28. The highest BCUT2D eigenvalue weighted by Crippen LogP contribution is 2.49. The van der Waals surface area contributed by atoms with Gasteiger partial charge in [0.2, 0.25) is 0 Å². The highest BCUT2D eigenvalue weighted by Gasteiger charge is 2.77. The largest absolute Gasteiger partial charge is 0.381 e. The predicted molar refractivity (Wildman–Crippen MR) is 60.9 cm³/mol. The maximum atomic E-state index is 12.3. The standard InChI is InChI=1S/C12H18N2O3/c1-10(2,16)12(13-5)8-6-7-17-11(3,4)14(8)9(12)15/h8,16H,6-7H2,1-4H3/t8-,12+/m1/s1. The zero-order chi connectivity index (χ0) is 13.1. The van der Waals surface area contributed by atoms with Crippen LogP contribution in [-0.4, -0.2) is 45.4 Å². The van der Waals surface area contributed by atoms with Gasteiger partial charge in [-0.1, -0.05) is 0 Å². The lowest BCUT2D eigenvalue weighted by Gasteiger charge is -2.59. The molecule has 0 unspecified atom stereocenters. The second kappa shape index (κ2) is 3.21. The van der Waals surface area contributed by atoms with Crippen molar-refractivity contribution in [2.75, 3.05) is 6.61 Å². The zero-order valence-electron chi connectivity index (χ0n) is 10.6. The molecule has 2 saturated heterocycles. The van der Waals surface area contributed by atoms with E-state index in [2.05, 4.69) is 4.85 Å². The van der Waals surface area contributed by atoms with Crippen molar-refractivity contribution >= 4 is 5.91 Å². The van der Waals surface area contributed by atoms with Gasteiger partial charge in [0.25, 0.3) is 0 Å². The number of carbonyl (C=O) groups excluding carboxylic acids is 1. The minimum Gasteiger partial charge on any atom is -0.381 e. The summed E-state index contributed by atoms with van der Waals surface area (Å²) in [4.78, 5) is 17.4. The van der Waals surface area contributed by atoms with E-state index in [-0.39, 0.29) is 11.9 Å². The second-order valence-corrected chi connectivity index (χ2v) is 5.71. The quantitative estimate of drug-likeness (QED) is 0.542. The van der Waals surface area contributed by atoms with E-state index in [1.165, 1.54) is 13.8 Å². The molecule has 5 nitrogen and oxygen atoms in total. The average Bonchev–Trinajstić information content (AvgIpc) is 2.14. The number of carbonyl (C=O) groups is 1. The molecular weight excluding hydrogens is 220 g/mol. The molecule has 0 aromatic heterocycles. The summed E-state index contributed by atoms with van der Waals surface area (Å²) in [6.07, 6.45) is 0.599. The van der Waals surface area contributed by atoms with Crippen molar-refractivity contribution in [1.29, 1.82) is 0 Å². The smallest absolute Gasteiger partial charge is 0.356 e. The van der Waals surface area contributed by atoms with E-state index in [1.54, 1.807) is 4.90 Å². The Bertz CT molecular complexity index is 405. The Balaban J connectivity index is 2.43. The van der Waals surface area contributed by atoms with Gasteiger partial charge in [0.15, 0.2) is 0 Å². The molecular formula is C12H18N2O3. The van der Waals surface area contributed by atoms with Crippen LogP contribution < -0.4 is 0 Å². The van der Waals surface area contributed by atoms with Crippen LogP contribution in [0, 0.1) is 6.57 Å². The lowest BCUT2D eigenvalue weighted by atomic mass is 9.66. The minimum absolute atomic E-state index is 0.253. The van der Waals surface area contributed by atoms with Gasteiger partial charge in [0, 0.05) is 0 Å². The number of hydrogen-bond acceptors (Lipinski definition) is 3. The molecule has 1 amide bonds. The Kier molecular flexibility index (Phi) is 2.33. The molecule has 0 aromatic carbocycles. The first-order valence-electron chi connectivity index (χ1n) is 5.77. The Morgan fingerprint density at radius 2 is 2.18 bits per heavy atom. The molecule has 1 N–H and O–H groups in total. The number of hydrogen-bond donors (Lipinski definition) is 1. The van der Waals surface area contributed by atoms with Crippen molar-refractivity contribution in [3.63, 3.8) is 0 Å². The molecule has 0 aromatic rings. The van der Waals surface area contributed by atoms with Crippen LogP contribution in [0.25, 0.3) is 4.85 Å².